The SMILES string of the molecule is CC1=CC2=CC(=O)CC[C@]2(C)C(C)C1C. The second-order valence-corrected chi connectivity index (χ2v) is 5.45. The van der Waals surface area contributed by atoms with Crippen molar-refractivity contribution in [2.45, 2.75) is 40.5 Å². The van der Waals surface area contributed by atoms with Gasteiger partial charge < -0.3 is 0 Å². The first-order valence-electron chi connectivity index (χ1n) is 5.88. The predicted octanol–water partition coefficient (Wildman–Crippen LogP) is 3.51. The van der Waals surface area contributed by atoms with Crippen LogP contribution in [0.2, 0.25) is 0 Å². The third-order valence-corrected chi connectivity index (χ3v) is 4.72. The number of rotatable bonds is 0. The van der Waals surface area contributed by atoms with Gasteiger partial charge in [0.2, 0.25) is 0 Å². The molecule has 2 aliphatic rings. The van der Waals surface area contributed by atoms with Crippen LogP contribution >= 0.6 is 0 Å². The van der Waals surface area contributed by atoms with Gasteiger partial charge in [-0.1, -0.05) is 32.4 Å². The van der Waals surface area contributed by atoms with Crippen molar-refractivity contribution in [3.05, 3.63) is 23.3 Å². The smallest absolute Gasteiger partial charge is 0.156 e. The summed E-state index contributed by atoms with van der Waals surface area (Å²) in [6.07, 6.45) is 5.86. The Morgan fingerprint density at radius 2 is 2.00 bits per heavy atom. The Balaban J connectivity index is 2.51. The summed E-state index contributed by atoms with van der Waals surface area (Å²) >= 11 is 0. The molecule has 1 heteroatoms. The average Bonchev–Trinajstić information content (AvgIpc) is 2.19. The minimum Gasteiger partial charge on any atom is -0.295 e. The first-order valence-corrected chi connectivity index (χ1v) is 5.88. The summed E-state index contributed by atoms with van der Waals surface area (Å²) in [6.45, 7) is 9.12. The zero-order chi connectivity index (χ0) is 11.2. The van der Waals surface area contributed by atoms with Crippen LogP contribution in [-0.2, 0) is 4.79 Å². The summed E-state index contributed by atoms with van der Waals surface area (Å²) in [5, 5.41) is 0. The second-order valence-electron chi connectivity index (χ2n) is 5.45. The van der Waals surface area contributed by atoms with Gasteiger partial charge in [0, 0.05) is 6.42 Å². The normalized spacial score (nSPS) is 40.7. The van der Waals surface area contributed by atoms with E-state index in [9.17, 15) is 4.79 Å². The lowest BCUT2D eigenvalue weighted by molar-refractivity contribution is -0.116. The molecule has 0 bridgehead atoms. The molecule has 0 N–H and O–H groups in total. The van der Waals surface area contributed by atoms with Crippen molar-refractivity contribution in [1.29, 1.82) is 0 Å². The van der Waals surface area contributed by atoms with Gasteiger partial charge in [-0.15, -0.1) is 0 Å². The van der Waals surface area contributed by atoms with Crippen molar-refractivity contribution < 1.29 is 4.79 Å². The van der Waals surface area contributed by atoms with Crippen LogP contribution in [0.15, 0.2) is 23.3 Å². The van der Waals surface area contributed by atoms with E-state index in [-0.39, 0.29) is 5.41 Å². The lowest BCUT2D eigenvalue weighted by atomic mass is 9.58. The molecule has 0 amide bonds. The van der Waals surface area contributed by atoms with Crippen molar-refractivity contribution in [2.75, 3.05) is 0 Å². The molecule has 0 heterocycles. The van der Waals surface area contributed by atoms with E-state index in [0.717, 1.165) is 12.8 Å². The first kappa shape index (κ1) is 10.7. The van der Waals surface area contributed by atoms with Gasteiger partial charge in [0.15, 0.2) is 5.78 Å². The van der Waals surface area contributed by atoms with Crippen LogP contribution in [0.1, 0.15) is 40.5 Å². The minimum absolute atomic E-state index is 0.229. The summed E-state index contributed by atoms with van der Waals surface area (Å²) in [4.78, 5) is 11.4. The zero-order valence-electron chi connectivity index (χ0n) is 10.1. The van der Waals surface area contributed by atoms with Crippen LogP contribution in [0.5, 0.6) is 0 Å². The highest BCUT2D eigenvalue weighted by molar-refractivity contribution is 5.92. The van der Waals surface area contributed by atoms with Crippen LogP contribution < -0.4 is 0 Å². The highest BCUT2D eigenvalue weighted by Gasteiger charge is 2.42. The van der Waals surface area contributed by atoms with E-state index in [1.54, 1.807) is 0 Å². The van der Waals surface area contributed by atoms with Crippen LogP contribution in [0.3, 0.4) is 0 Å². The Hall–Kier alpha value is -0.850. The molecule has 0 radical (unpaired) electrons. The highest BCUT2D eigenvalue weighted by atomic mass is 16.1. The molecule has 0 aliphatic heterocycles. The van der Waals surface area contributed by atoms with Crippen LogP contribution in [0.25, 0.3) is 0 Å². The monoisotopic (exact) mass is 204 g/mol. The fraction of sp³-hybridized carbons (Fsp3) is 0.643. The standard InChI is InChI=1S/C14H20O/c1-9-7-12-8-13(15)5-6-14(12,4)11(3)10(9)2/h7-8,10-11H,5-6H2,1-4H3/t10?,11?,14-/m1/s1. The van der Waals surface area contributed by atoms with Gasteiger partial charge in [-0.3, -0.25) is 4.79 Å². The fourth-order valence-electron chi connectivity index (χ4n) is 2.96. The molecule has 0 aromatic carbocycles. The molecule has 0 saturated heterocycles. The molecule has 2 rings (SSSR count). The quantitative estimate of drug-likeness (QED) is 0.590. The molecule has 82 valence electrons. The van der Waals surface area contributed by atoms with E-state index in [1.807, 2.05) is 6.08 Å². The average molecular weight is 204 g/mol. The van der Waals surface area contributed by atoms with E-state index in [0.29, 0.717) is 17.6 Å². The molecular weight excluding hydrogens is 184 g/mol. The zero-order valence-corrected chi connectivity index (χ0v) is 10.1. The molecule has 3 atom stereocenters. The van der Waals surface area contributed by atoms with Crippen molar-refractivity contribution in [3.8, 4) is 0 Å². The maximum absolute atomic E-state index is 11.4. The van der Waals surface area contributed by atoms with Gasteiger partial charge in [-0.25, -0.2) is 0 Å². The van der Waals surface area contributed by atoms with Crippen LogP contribution in [0, 0.1) is 17.3 Å². The van der Waals surface area contributed by atoms with Crippen molar-refractivity contribution in [3.63, 3.8) is 0 Å². The van der Waals surface area contributed by atoms with E-state index in [4.69, 9.17) is 0 Å². The molecule has 15 heavy (non-hydrogen) atoms. The lowest BCUT2D eigenvalue weighted by Crippen LogP contribution is -2.38. The third-order valence-electron chi connectivity index (χ3n) is 4.72. The van der Waals surface area contributed by atoms with Gasteiger partial charge in [-0.2, -0.15) is 0 Å². The van der Waals surface area contributed by atoms with Crippen molar-refractivity contribution >= 4 is 5.78 Å². The fourth-order valence-corrected chi connectivity index (χ4v) is 2.96. The summed E-state index contributed by atoms with van der Waals surface area (Å²) in [6, 6.07) is 0. The number of carbonyl (C=O) groups is 1. The Labute approximate surface area is 92.3 Å². The van der Waals surface area contributed by atoms with E-state index >= 15 is 0 Å². The third kappa shape index (κ3) is 1.49. The summed E-state index contributed by atoms with van der Waals surface area (Å²) in [5.74, 6) is 1.58. The number of fused-ring (bicyclic) bond motifs is 1. The molecule has 0 spiro atoms. The number of allylic oxidation sites excluding steroid dienone is 4. The van der Waals surface area contributed by atoms with E-state index in [1.165, 1.54) is 11.1 Å². The molecule has 0 aromatic heterocycles. The van der Waals surface area contributed by atoms with Gasteiger partial charge in [0.05, 0.1) is 0 Å². The Bertz CT molecular complexity index is 362. The topological polar surface area (TPSA) is 17.1 Å². The van der Waals surface area contributed by atoms with Crippen LogP contribution in [0.4, 0.5) is 0 Å². The Morgan fingerprint density at radius 1 is 1.33 bits per heavy atom. The molecule has 0 fully saturated rings. The maximum atomic E-state index is 11.4. The summed E-state index contributed by atoms with van der Waals surface area (Å²) < 4.78 is 0. The molecule has 0 saturated carbocycles. The van der Waals surface area contributed by atoms with Gasteiger partial charge in [-0.05, 0) is 42.2 Å². The van der Waals surface area contributed by atoms with Crippen molar-refractivity contribution in [2.24, 2.45) is 17.3 Å². The number of hydrogen-bond acceptors (Lipinski definition) is 1. The highest BCUT2D eigenvalue weighted by Crippen LogP contribution is 2.51. The lowest BCUT2D eigenvalue weighted by Gasteiger charge is -2.46. The Kier molecular flexibility index (Phi) is 2.37. The summed E-state index contributed by atoms with van der Waals surface area (Å²) in [7, 11) is 0. The molecule has 0 aromatic rings. The van der Waals surface area contributed by atoms with Gasteiger partial charge in [0.1, 0.15) is 0 Å². The molecular formula is C14H20O. The Morgan fingerprint density at radius 3 is 2.67 bits per heavy atom. The largest absolute Gasteiger partial charge is 0.295 e. The predicted molar refractivity (Wildman–Crippen MR) is 62.5 cm³/mol. The van der Waals surface area contributed by atoms with E-state index < -0.39 is 0 Å². The van der Waals surface area contributed by atoms with Crippen LogP contribution in [-0.4, -0.2) is 5.78 Å². The second kappa shape index (κ2) is 3.33. The van der Waals surface area contributed by atoms with Crippen molar-refractivity contribution in [1.82, 2.24) is 0 Å². The molecule has 2 aliphatic carbocycles. The van der Waals surface area contributed by atoms with Gasteiger partial charge in [0.25, 0.3) is 0 Å². The van der Waals surface area contributed by atoms with Gasteiger partial charge >= 0.3 is 0 Å². The first-order chi connectivity index (χ1) is 6.95. The minimum atomic E-state index is 0.229. The number of hydrogen-bond donors (Lipinski definition) is 0. The number of ketones is 1. The van der Waals surface area contributed by atoms with E-state index in [2.05, 4.69) is 33.8 Å². The molecule has 1 nitrogen and oxygen atoms in total. The molecule has 2 unspecified atom stereocenters. The maximum Gasteiger partial charge on any atom is 0.156 e. The summed E-state index contributed by atoms with van der Waals surface area (Å²) in [5.41, 5.74) is 2.91. The number of carbonyl (C=O) groups excluding carboxylic acids is 1.